The molecule has 126 valence electrons. The fourth-order valence-corrected chi connectivity index (χ4v) is 2.99. The Bertz CT molecular complexity index is 616. The Labute approximate surface area is 143 Å². The van der Waals surface area contributed by atoms with Gasteiger partial charge in [-0.05, 0) is 59.8 Å². The van der Waals surface area contributed by atoms with Gasteiger partial charge in [-0.3, -0.25) is 9.59 Å². The van der Waals surface area contributed by atoms with E-state index in [1.54, 1.807) is 25.1 Å². The van der Waals surface area contributed by atoms with Gasteiger partial charge >= 0.3 is 5.97 Å². The second-order valence-electron chi connectivity index (χ2n) is 5.99. The van der Waals surface area contributed by atoms with Gasteiger partial charge in [0.25, 0.3) is 0 Å². The molecule has 0 bridgehead atoms. The van der Waals surface area contributed by atoms with E-state index in [9.17, 15) is 14.7 Å². The van der Waals surface area contributed by atoms with Gasteiger partial charge in [-0.15, -0.1) is 0 Å². The summed E-state index contributed by atoms with van der Waals surface area (Å²) in [4.78, 5) is 24.0. The number of esters is 1. The second kappa shape index (κ2) is 6.88. The number of carbonyl (C=O) groups excluding carboxylic acids is 2. The van der Waals surface area contributed by atoms with Crippen molar-refractivity contribution in [2.45, 2.75) is 37.8 Å². The highest BCUT2D eigenvalue weighted by molar-refractivity contribution is 9.10. The van der Waals surface area contributed by atoms with Crippen molar-refractivity contribution in [2.75, 3.05) is 7.11 Å². The van der Waals surface area contributed by atoms with Crippen LogP contribution in [0.15, 0.2) is 22.7 Å². The minimum atomic E-state index is -0.728. The van der Waals surface area contributed by atoms with E-state index in [0.717, 1.165) is 18.4 Å². The van der Waals surface area contributed by atoms with Crippen LogP contribution in [0.4, 0.5) is 0 Å². The van der Waals surface area contributed by atoms with Gasteiger partial charge in [0.05, 0.1) is 29.1 Å². The molecule has 1 saturated carbocycles. The number of nitrogens with one attached hydrogen (secondary N) is 1. The first-order chi connectivity index (χ1) is 10.8. The van der Waals surface area contributed by atoms with Crippen molar-refractivity contribution in [3.63, 3.8) is 0 Å². The fourth-order valence-electron chi connectivity index (χ4n) is 2.57. The molecule has 0 saturated heterocycles. The molecule has 1 fully saturated rings. The number of phenols is 1. The monoisotopic (exact) mass is 384 g/mol. The number of amides is 1. The number of benzene rings is 1. The van der Waals surface area contributed by atoms with Crippen LogP contribution in [0.1, 0.15) is 25.3 Å². The second-order valence-corrected chi connectivity index (χ2v) is 6.84. The van der Waals surface area contributed by atoms with Gasteiger partial charge in [-0.1, -0.05) is 6.07 Å². The predicted molar refractivity (Wildman–Crippen MR) is 88.8 cm³/mol. The van der Waals surface area contributed by atoms with Crippen molar-refractivity contribution in [2.24, 2.45) is 11.7 Å². The zero-order valence-corrected chi connectivity index (χ0v) is 14.7. The Morgan fingerprint density at radius 1 is 1.48 bits per heavy atom. The molecule has 1 aromatic rings. The molecule has 0 aliphatic heterocycles. The van der Waals surface area contributed by atoms with Gasteiger partial charge < -0.3 is 20.9 Å². The van der Waals surface area contributed by atoms with Crippen LogP contribution in [0, 0.1) is 5.92 Å². The number of hydrogen-bond acceptors (Lipinski definition) is 5. The van der Waals surface area contributed by atoms with Crippen molar-refractivity contribution < 1.29 is 19.4 Å². The van der Waals surface area contributed by atoms with E-state index in [4.69, 9.17) is 10.5 Å². The normalized spacial score (nSPS) is 17.9. The molecule has 0 heterocycles. The molecule has 4 N–H and O–H groups in total. The van der Waals surface area contributed by atoms with Crippen LogP contribution in [0.5, 0.6) is 5.75 Å². The van der Waals surface area contributed by atoms with Crippen LogP contribution >= 0.6 is 15.9 Å². The number of ether oxygens (including phenoxy) is 1. The van der Waals surface area contributed by atoms with Crippen LogP contribution in [0.25, 0.3) is 0 Å². The third-order valence-corrected chi connectivity index (χ3v) is 4.98. The Morgan fingerprint density at radius 3 is 2.65 bits per heavy atom. The summed E-state index contributed by atoms with van der Waals surface area (Å²) in [5.74, 6) is -0.886. The number of rotatable bonds is 6. The lowest BCUT2D eigenvalue weighted by atomic mass is 9.98. The van der Waals surface area contributed by atoms with Gasteiger partial charge in [-0.2, -0.15) is 0 Å². The first-order valence-corrected chi connectivity index (χ1v) is 8.21. The molecule has 23 heavy (non-hydrogen) atoms. The van der Waals surface area contributed by atoms with Crippen molar-refractivity contribution >= 4 is 27.8 Å². The van der Waals surface area contributed by atoms with Crippen LogP contribution in [0.3, 0.4) is 0 Å². The Morgan fingerprint density at radius 2 is 2.13 bits per heavy atom. The number of nitrogens with two attached hydrogens (primary N) is 1. The number of hydrogen-bond donors (Lipinski definition) is 3. The Balaban J connectivity index is 1.97. The third kappa shape index (κ3) is 4.03. The quantitative estimate of drug-likeness (QED) is 0.644. The first-order valence-electron chi connectivity index (χ1n) is 7.42. The van der Waals surface area contributed by atoms with Crippen molar-refractivity contribution in [1.29, 1.82) is 0 Å². The Kier molecular flexibility index (Phi) is 5.31. The number of carbonyl (C=O) groups is 2. The van der Waals surface area contributed by atoms with Crippen molar-refractivity contribution in [1.82, 2.24) is 5.32 Å². The lowest BCUT2D eigenvalue weighted by Gasteiger charge is -2.24. The maximum Gasteiger partial charge on any atom is 0.310 e. The minimum Gasteiger partial charge on any atom is -0.507 e. The van der Waals surface area contributed by atoms with Gasteiger partial charge in [-0.25, -0.2) is 0 Å². The number of halogens is 1. The minimum absolute atomic E-state index is 0.135. The van der Waals surface area contributed by atoms with Crippen LogP contribution in [-0.4, -0.2) is 35.7 Å². The molecular weight excluding hydrogens is 364 g/mol. The van der Waals surface area contributed by atoms with E-state index in [1.165, 1.54) is 7.11 Å². The summed E-state index contributed by atoms with van der Waals surface area (Å²) in [5.41, 5.74) is 6.28. The van der Waals surface area contributed by atoms with Crippen molar-refractivity contribution in [3.05, 3.63) is 28.2 Å². The number of methoxy groups -OCH3 is 1. The molecule has 1 aliphatic carbocycles. The molecule has 2 atom stereocenters. The smallest absolute Gasteiger partial charge is 0.310 e. The van der Waals surface area contributed by atoms with Gasteiger partial charge in [0.15, 0.2) is 0 Å². The lowest BCUT2D eigenvalue weighted by Crippen LogP contribution is -2.51. The van der Waals surface area contributed by atoms with E-state index in [-0.39, 0.29) is 17.6 Å². The molecule has 0 aromatic heterocycles. The largest absolute Gasteiger partial charge is 0.507 e. The van der Waals surface area contributed by atoms with Gasteiger partial charge in [0.1, 0.15) is 5.75 Å². The van der Waals surface area contributed by atoms with Gasteiger partial charge in [0, 0.05) is 0 Å². The van der Waals surface area contributed by atoms with Crippen LogP contribution in [-0.2, 0) is 20.7 Å². The average Bonchev–Trinajstić information content (AvgIpc) is 3.30. The molecular formula is C16H21BrN2O4. The molecule has 0 spiro atoms. The summed E-state index contributed by atoms with van der Waals surface area (Å²) in [7, 11) is 1.34. The highest BCUT2D eigenvalue weighted by atomic mass is 79.9. The molecule has 1 unspecified atom stereocenters. The highest BCUT2D eigenvalue weighted by Gasteiger charge is 2.52. The molecule has 1 aliphatic rings. The summed E-state index contributed by atoms with van der Waals surface area (Å²) < 4.78 is 5.31. The van der Waals surface area contributed by atoms with E-state index < -0.39 is 17.5 Å². The molecule has 1 aromatic carbocycles. The topological polar surface area (TPSA) is 102 Å². The van der Waals surface area contributed by atoms with E-state index in [0.29, 0.717) is 10.9 Å². The third-order valence-electron chi connectivity index (χ3n) is 4.35. The predicted octanol–water partition coefficient (Wildman–Crippen LogP) is 1.48. The maximum absolute atomic E-state index is 12.3. The zero-order valence-electron chi connectivity index (χ0n) is 13.1. The lowest BCUT2D eigenvalue weighted by molar-refractivity contribution is -0.146. The first kappa shape index (κ1) is 17.7. The summed E-state index contributed by atoms with van der Waals surface area (Å²) >= 11 is 3.23. The highest BCUT2D eigenvalue weighted by Crippen LogP contribution is 2.42. The molecule has 1 amide bonds. The van der Waals surface area contributed by atoms with E-state index in [2.05, 4.69) is 21.2 Å². The zero-order chi connectivity index (χ0) is 17.2. The summed E-state index contributed by atoms with van der Waals surface area (Å²) in [6.07, 6.45) is 1.83. The van der Waals surface area contributed by atoms with Crippen LogP contribution < -0.4 is 11.1 Å². The van der Waals surface area contributed by atoms with E-state index >= 15 is 0 Å². The summed E-state index contributed by atoms with van der Waals surface area (Å²) in [6.45, 7) is 1.75. The molecule has 7 heteroatoms. The summed E-state index contributed by atoms with van der Waals surface area (Å²) in [5, 5.41) is 12.4. The fraction of sp³-hybridized carbons (Fsp3) is 0.500. The number of phenolic OH excluding ortho intramolecular Hbond substituents is 1. The summed E-state index contributed by atoms with van der Waals surface area (Å²) in [6, 6.07) is 4.27. The maximum atomic E-state index is 12.3. The molecule has 2 rings (SSSR count). The standard InChI is InChI=1S/C16H21BrN2O4/c1-9(15(22)23-2)16(5-6-16)19-14(21)12(18)8-10-3-4-13(20)11(17)7-10/h3-4,7,9,12,20H,5-6,8,18H2,1-2H3,(H,19,21)/t9?,12-/m0/s1. The SMILES string of the molecule is COC(=O)C(C)C1(NC(=O)[C@@H](N)Cc2ccc(O)c(Br)c2)CC1. The average molecular weight is 385 g/mol. The van der Waals surface area contributed by atoms with E-state index in [1.807, 2.05) is 0 Å². The van der Waals surface area contributed by atoms with Crippen LogP contribution in [0.2, 0.25) is 0 Å². The Hall–Kier alpha value is -1.60. The van der Waals surface area contributed by atoms with Gasteiger partial charge in [0.2, 0.25) is 5.91 Å². The van der Waals surface area contributed by atoms with Crippen molar-refractivity contribution in [3.8, 4) is 5.75 Å². The molecule has 6 nitrogen and oxygen atoms in total. The molecule has 0 radical (unpaired) electrons. The number of aromatic hydroxyl groups is 1.